The number of carbonyl (C=O) groups is 2. The van der Waals surface area contributed by atoms with Crippen LogP contribution in [0.2, 0.25) is 0 Å². The summed E-state index contributed by atoms with van der Waals surface area (Å²) in [6.45, 7) is 2.78. The Labute approximate surface area is 140 Å². The van der Waals surface area contributed by atoms with Gasteiger partial charge in [0.15, 0.2) is 0 Å². The van der Waals surface area contributed by atoms with E-state index in [0.29, 0.717) is 6.42 Å². The van der Waals surface area contributed by atoms with E-state index in [9.17, 15) is 9.59 Å². The zero-order valence-corrected chi connectivity index (χ0v) is 13.8. The number of hydrogen-bond donors (Lipinski definition) is 2. The Bertz CT molecular complexity index is 797. The van der Waals surface area contributed by atoms with E-state index in [1.807, 2.05) is 17.0 Å². The molecule has 1 unspecified atom stereocenters. The fourth-order valence-electron chi connectivity index (χ4n) is 3.81. The second-order valence-electron chi connectivity index (χ2n) is 6.84. The molecule has 0 radical (unpaired) electrons. The van der Waals surface area contributed by atoms with Crippen LogP contribution in [-0.4, -0.2) is 39.3 Å². The summed E-state index contributed by atoms with van der Waals surface area (Å²) in [5.74, 6) is 0.861. The molecule has 2 atom stereocenters. The molecule has 1 aromatic heterocycles. The van der Waals surface area contributed by atoms with Crippen LogP contribution in [0.1, 0.15) is 49.5 Å². The first-order valence-electron chi connectivity index (χ1n) is 8.68. The number of likely N-dealkylation sites (tertiary alicyclic amines) is 1. The third-order valence-electron chi connectivity index (χ3n) is 5.04. The van der Waals surface area contributed by atoms with Crippen molar-refractivity contribution in [3.05, 3.63) is 29.6 Å². The number of imidazole rings is 1. The van der Waals surface area contributed by atoms with Crippen LogP contribution < -0.4 is 5.32 Å². The van der Waals surface area contributed by atoms with Crippen molar-refractivity contribution in [2.24, 2.45) is 0 Å². The quantitative estimate of drug-likeness (QED) is 0.888. The van der Waals surface area contributed by atoms with Gasteiger partial charge in [0.2, 0.25) is 11.8 Å². The van der Waals surface area contributed by atoms with Crippen LogP contribution in [-0.2, 0) is 9.59 Å². The summed E-state index contributed by atoms with van der Waals surface area (Å²) < 4.78 is 0. The maximum atomic E-state index is 12.9. The van der Waals surface area contributed by atoms with E-state index in [1.165, 1.54) is 5.56 Å². The Hall–Kier alpha value is -2.37. The van der Waals surface area contributed by atoms with E-state index in [2.05, 4.69) is 23.3 Å². The largest absolute Gasteiger partial charge is 0.344 e. The molecule has 0 bridgehead atoms. The summed E-state index contributed by atoms with van der Waals surface area (Å²) in [4.78, 5) is 34.4. The average Bonchev–Trinajstić information content (AvgIpc) is 3.19. The van der Waals surface area contributed by atoms with Crippen molar-refractivity contribution in [3.8, 4) is 0 Å². The van der Waals surface area contributed by atoms with Gasteiger partial charge in [-0.2, -0.15) is 0 Å². The molecular formula is C18H22N4O2. The summed E-state index contributed by atoms with van der Waals surface area (Å²) in [5.41, 5.74) is 3.12. The molecule has 2 N–H and O–H groups in total. The van der Waals surface area contributed by atoms with Crippen LogP contribution in [0.3, 0.4) is 0 Å². The van der Waals surface area contributed by atoms with E-state index in [1.54, 1.807) is 0 Å². The molecule has 2 aliphatic heterocycles. The van der Waals surface area contributed by atoms with Crippen molar-refractivity contribution in [1.82, 2.24) is 20.2 Å². The van der Waals surface area contributed by atoms with Gasteiger partial charge in [0.05, 0.1) is 17.1 Å². The summed E-state index contributed by atoms with van der Waals surface area (Å²) in [7, 11) is 0. The van der Waals surface area contributed by atoms with E-state index in [-0.39, 0.29) is 23.9 Å². The molecule has 24 heavy (non-hydrogen) atoms. The van der Waals surface area contributed by atoms with Crippen LogP contribution in [0.4, 0.5) is 0 Å². The summed E-state index contributed by atoms with van der Waals surface area (Å²) >= 11 is 0. The molecule has 0 spiro atoms. The zero-order valence-electron chi connectivity index (χ0n) is 13.8. The Kier molecular flexibility index (Phi) is 3.75. The number of carbonyl (C=O) groups excluding carboxylic acids is 2. The molecule has 2 amide bonds. The molecule has 2 aliphatic rings. The molecular weight excluding hydrogens is 304 g/mol. The lowest BCUT2D eigenvalue weighted by Gasteiger charge is -2.30. The van der Waals surface area contributed by atoms with Crippen molar-refractivity contribution in [2.75, 3.05) is 6.54 Å². The van der Waals surface area contributed by atoms with Crippen molar-refractivity contribution in [1.29, 1.82) is 0 Å². The smallest absolute Gasteiger partial charge is 0.245 e. The molecule has 0 saturated carbocycles. The first kappa shape index (κ1) is 15.2. The van der Waals surface area contributed by atoms with Gasteiger partial charge in [0, 0.05) is 13.0 Å². The Morgan fingerprint density at radius 1 is 1.29 bits per heavy atom. The van der Waals surface area contributed by atoms with Gasteiger partial charge in [-0.1, -0.05) is 6.07 Å². The lowest BCUT2D eigenvalue weighted by molar-refractivity contribution is -0.138. The highest BCUT2D eigenvalue weighted by molar-refractivity contribution is 5.89. The summed E-state index contributed by atoms with van der Waals surface area (Å²) in [6, 6.07) is 5.73. The number of rotatable bonds is 2. The highest BCUT2D eigenvalue weighted by atomic mass is 16.2. The fraction of sp³-hybridized carbons (Fsp3) is 0.500. The third kappa shape index (κ3) is 2.66. The molecule has 2 saturated heterocycles. The van der Waals surface area contributed by atoms with Gasteiger partial charge in [0.25, 0.3) is 0 Å². The number of piperidine rings is 1. The van der Waals surface area contributed by atoms with Gasteiger partial charge in [-0.3, -0.25) is 9.59 Å². The molecule has 6 heteroatoms. The second-order valence-corrected chi connectivity index (χ2v) is 6.84. The third-order valence-corrected chi connectivity index (χ3v) is 5.04. The lowest BCUT2D eigenvalue weighted by atomic mass is 10.0. The first-order chi connectivity index (χ1) is 11.6. The van der Waals surface area contributed by atoms with E-state index in [0.717, 1.165) is 49.1 Å². The number of aromatic amines is 1. The van der Waals surface area contributed by atoms with Gasteiger partial charge in [0.1, 0.15) is 11.9 Å². The minimum absolute atomic E-state index is 0.0189. The Morgan fingerprint density at radius 2 is 2.17 bits per heavy atom. The molecule has 4 rings (SSSR count). The van der Waals surface area contributed by atoms with Crippen LogP contribution in [0.15, 0.2) is 18.2 Å². The predicted molar refractivity (Wildman–Crippen MR) is 90.3 cm³/mol. The van der Waals surface area contributed by atoms with E-state index >= 15 is 0 Å². The number of amides is 2. The van der Waals surface area contributed by atoms with Crippen LogP contribution in [0.5, 0.6) is 0 Å². The monoisotopic (exact) mass is 326 g/mol. The number of fused-ring (bicyclic) bond motifs is 1. The van der Waals surface area contributed by atoms with Crippen LogP contribution >= 0.6 is 0 Å². The number of aromatic nitrogens is 2. The maximum absolute atomic E-state index is 12.9. The van der Waals surface area contributed by atoms with Gasteiger partial charge in [-0.05, 0) is 50.3 Å². The topological polar surface area (TPSA) is 78.1 Å². The van der Waals surface area contributed by atoms with Crippen molar-refractivity contribution in [2.45, 2.75) is 51.1 Å². The van der Waals surface area contributed by atoms with Gasteiger partial charge < -0.3 is 15.2 Å². The SMILES string of the molecule is Cc1ccc2nc(C3CCCN3C(=O)[C@H]3CCCC(=O)N3)[nH]c2c1. The normalized spacial score (nSPS) is 24.4. The van der Waals surface area contributed by atoms with Crippen molar-refractivity contribution in [3.63, 3.8) is 0 Å². The minimum Gasteiger partial charge on any atom is -0.344 e. The highest BCUT2D eigenvalue weighted by Gasteiger charge is 2.36. The van der Waals surface area contributed by atoms with Gasteiger partial charge in [-0.25, -0.2) is 4.98 Å². The van der Waals surface area contributed by atoms with Crippen molar-refractivity contribution < 1.29 is 9.59 Å². The molecule has 0 aliphatic carbocycles. The predicted octanol–water partition coefficient (Wildman–Crippen LogP) is 2.20. The van der Waals surface area contributed by atoms with E-state index in [4.69, 9.17) is 4.98 Å². The molecule has 126 valence electrons. The number of benzene rings is 1. The molecule has 3 heterocycles. The minimum atomic E-state index is -0.376. The number of nitrogens with zero attached hydrogens (tertiary/aromatic N) is 2. The van der Waals surface area contributed by atoms with E-state index < -0.39 is 0 Å². The Balaban J connectivity index is 1.59. The molecule has 1 aromatic carbocycles. The molecule has 2 fully saturated rings. The summed E-state index contributed by atoms with van der Waals surface area (Å²) in [6.07, 6.45) is 3.91. The van der Waals surface area contributed by atoms with Gasteiger partial charge in [-0.15, -0.1) is 0 Å². The standard InChI is InChI=1S/C18H22N4O2/c1-11-7-8-12-14(10-11)21-17(20-12)15-5-3-9-22(15)18(24)13-4-2-6-16(23)19-13/h7-8,10,13,15H,2-6,9H2,1H3,(H,19,23)(H,20,21)/t13-,15?/m1/s1. The zero-order chi connectivity index (χ0) is 16.7. The number of hydrogen-bond acceptors (Lipinski definition) is 3. The van der Waals surface area contributed by atoms with Crippen LogP contribution in [0, 0.1) is 6.92 Å². The first-order valence-corrected chi connectivity index (χ1v) is 8.68. The molecule has 6 nitrogen and oxygen atoms in total. The Morgan fingerprint density at radius 3 is 3.00 bits per heavy atom. The molecule has 2 aromatic rings. The number of aryl methyl sites for hydroxylation is 1. The number of nitrogens with one attached hydrogen (secondary N) is 2. The second kappa shape index (κ2) is 5.92. The van der Waals surface area contributed by atoms with Crippen LogP contribution in [0.25, 0.3) is 11.0 Å². The average molecular weight is 326 g/mol. The summed E-state index contributed by atoms with van der Waals surface area (Å²) in [5, 5.41) is 2.84. The number of H-pyrrole nitrogens is 1. The van der Waals surface area contributed by atoms with Crippen molar-refractivity contribution >= 4 is 22.8 Å². The van der Waals surface area contributed by atoms with Gasteiger partial charge >= 0.3 is 0 Å². The lowest BCUT2D eigenvalue weighted by Crippen LogP contribution is -2.50. The highest BCUT2D eigenvalue weighted by Crippen LogP contribution is 2.32. The maximum Gasteiger partial charge on any atom is 0.245 e. The fourth-order valence-corrected chi connectivity index (χ4v) is 3.81.